The number of aliphatic carboxylic acids is 1. The molecule has 2 aromatic carbocycles. The van der Waals surface area contributed by atoms with Gasteiger partial charge in [0.15, 0.2) is 0 Å². The minimum atomic E-state index is -1.14. The number of carbonyl (C=O) groups excluding carboxylic acids is 1. The number of carbonyl (C=O) groups is 2. The molecule has 0 unspecified atom stereocenters. The maximum atomic E-state index is 11.8. The molecule has 118 valence electrons. The lowest BCUT2D eigenvalue weighted by Gasteiger charge is -2.16. The third-order valence-corrected chi connectivity index (χ3v) is 4.05. The van der Waals surface area contributed by atoms with Crippen LogP contribution in [0.4, 0.5) is 0 Å². The van der Waals surface area contributed by atoms with E-state index in [0.29, 0.717) is 0 Å². The molecule has 1 aliphatic rings. The van der Waals surface area contributed by atoms with Gasteiger partial charge in [-0.25, -0.2) is 0 Å². The molecule has 0 radical (unpaired) electrons. The van der Waals surface area contributed by atoms with Crippen molar-refractivity contribution in [1.82, 2.24) is 0 Å². The molecule has 1 atom stereocenters. The van der Waals surface area contributed by atoms with Crippen molar-refractivity contribution in [2.45, 2.75) is 18.4 Å². The number of hydrogen-bond donors (Lipinski definition) is 2. The van der Waals surface area contributed by atoms with Gasteiger partial charge in [0.1, 0.15) is 12.6 Å². The number of hydrogen-bond acceptors (Lipinski definition) is 4. The summed E-state index contributed by atoms with van der Waals surface area (Å²) in [4.78, 5) is 22.5. The lowest BCUT2D eigenvalue weighted by molar-refractivity contribution is -0.149. The van der Waals surface area contributed by atoms with Crippen molar-refractivity contribution < 1.29 is 19.4 Å². The molecule has 0 fully saturated rings. The summed E-state index contributed by atoms with van der Waals surface area (Å²) in [5.74, 6) is -1.86. The molecule has 1 aliphatic carbocycles. The maximum absolute atomic E-state index is 11.8. The third-order valence-electron chi connectivity index (χ3n) is 4.05. The van der Waals surface area contributed by atoms with Gasteiger partial charge in [0.25, 0.3) is 0 Å². The second-order valence-electron chi connectivity index (χ2n) is 5.56. The molecule has 0 saturated heterocycles. The highest BCUT2D eigenvalue weighted by Crippen LogP contribution is 2.44. The van der Waals surface area contributed by atoms with Crippen molar-refractivity contribution >= 4 is 11.9 Å². The molecule has 3 rings (SSSR count). The standard InChI is InChI=1S/C18H17NO4/c19-16(9-17(20)21)18(22)23-10-15-13-7-3-1-5-11(13)12-6-2-4-8-14(12)15/h1-8,15-16H,9-10,19H2,(H,20,21)/t16-/m0/s1. The second kappa shape index (κ2) is 6.22. The van der Waals surface area contributed by atoms with Crippen molar-refractivity contribution in [3.05, 3.63) is 59.7 Å². The molecule has 0 heterocycles. The Kier molecular flexibility index (Phi) is 4.12. The molecule has 0 aromatic heterocycles. The molecule has 0 amide bonds. The molecule has 0 saturated carbocycles. The number of nitrogens with two attached hydrogens (primary N) is 1. The highest BCUT2D eigenvalue weighted by molar-refractivity contribution is 5.82. The highest BCUT2D eigenvalue weighted by atomic mass is 16.5. The Morgan fingerprint density at radius 1 is 1.04 bits per heavy atom. The lowest BCUT2D eigenvalue weighted by atomic mass is 9.98. The first-order chi connectivity index (χ1) is 11.1. The minimum Gasteiger partial charge on any atom is -0.481 e. The van der Waals surface area contributed by atoms with Crippen molar-refractivity contribution in [3.8, 4) is 11.1 Å². The molecular weight excluding hydrogens is 294 g/mol. The number of benzene rings is 2. The molecule has 5 nitrogen and oxygen atoms in total. The van der Waals surface area contributed by atoms with E-state index in [-0.39, 0.29) is 12.5 Å². The molecule has 3 N–H and O–H groups in total. The number of carboxylic acid groups (broad SMARTS) is 1. The van der Waals surface area contributed by atoms with E-state index in [2.05, 4.69) is 0 Å². The fourth-order valence-electron chi connectivity index (χ4n) is 2.98. The van der Waals surface area contributed by atoms with Crippen LogP contribution < -0.4 is 5.73 Å². The Labute approximate surface area is 133 Å². The van der Waals surface area contributed by atoms with Crippen LogP contribution in [-0.4, -0.2) is 29.7 Å². The molecular formula is C18H17NO4. The van der Waals surface area contributed by atoms with Crippen LogP contribution in [0, 0.1) is 0 Å². The van der Waals surface area contributed by atoms with Crippen LogP contribution in [0.1, 0.15) is 23.5 Å². The van der Waals surface area contributed by atoms with E-state index < -0.39 is 24.4 Å². The zero-order chi connectivity index (χ0) is 16.4. The zero-order valence-electron chi connectivity index (χ0n) is 12.4. The summed E-state index contributed by atoms with van der Waals surface area (Å²) in [5, 5.41) is 8.69. The summed E-state index contributed by atoms with van der Waals surface area (Å²) in [6.45, 7) is 0.153. The van der Waals surface area contributed by atoms with Gasteiger partial charge in [-0.1, -0.05) is 48.5 Å². The van der Waals surface area contributed by atoms with Gasteiger partial charge in [-0.2, -0.15) is 0 Å². The first kappa shape index (κ1) is 15.2. The molecule has 0 bridgehead atoms. The summed E-state index contributed by atoms with van der Waals surface area (Å²) in [7, 11) is 0. The van der Waals surface area contributed by atoms with E-state index >= 15 is 0 Å². The fourth-order valence-corrected chi connectivity index (χ4v) is 2.98. The summed E-state index contributed by atoms with van der Waals surface area (Å²) in [6.07, 6.45) is -0.434. The van der Waals surface area contributed by atoms with Crippen LogP contribution in [0.2, 0.25) is 0 Å². The number of carboxylic acids is 1. The molecule has 0 aliphatic heterocycles. The van der Waals surface area contributed by atoms with Crippen LogP contribution in [0.15, 0.2) is 48.5 Å². The third kappa shape index (κ3) is 2.96. The Morgan fingerprint density at radius 3 is 2.09 bits per heavy atom. The average molecular weight is 311 g/mol. The Hall–Kier alpha value is -2.66. The van der Waals surface area contributed by atoms with Gasteiger partial charge in [-0.05, 0) is 22.3 Å². The van der Waals surface area contributed by atoms with Gasteiger partial charge < -0.3 is 15.6 Å². The highest BCUT2D eigenvalue weighted by Gasteiger charge is 2.29. The van der Waals surface area contributed by atoms with Crippen LogP contribution in [0.25, 0.3) is 11.1 Å². The van der Waals surface area contributed by atoms with Gasteiger partial charge >= 0.3 is 11.9 Å². The molecule has 0 spiro atoms. The molecule has 23 heavy (non-hydrogen) atoms. The van der Waals surface area contributed by atoms with Crippen LogP contribution >= 0.6 is 0 Å². The van der Waals surface area contributed by atoms with Crippen LogP contribution in [-0.2, 0) is 14.3 Å². The number of ether oxygens (including phenoxy) is 1. The largest absolute Gasteiger partial charge is 0.481 e. The normalized spacial score (nSPS) is 14.0. The van der Waals surface area contributed by atoms with Gasteiger partial charge in [0, 0.05) is 5.92 Å². The van der Waals surface area contributed by atoms with E-state index in [0.717, 1.165) is 22.3 Å². The summed E-state index contributed by atoms with van der Waals surface area (Å²) in [5.41, 5.74) is 10.0. The van der Waals surface area contributed by atoms with Crippen LogP contribution in [0.5, 0.6) is 0 Å². The van der Waals surface area contributed by atoms with E-state index in [1.807, 2.05) is 48.5 Å². The SMILES string of the molecule is N[C@@H](CC(=O)O)C(=O)OCC1c2ccccc2-c2ccccc21. The zero-order valence-corrected chi connectivity index (χ0v) is 12.4. The predicted octanol–water partition coefficient (Wildman–Crippen LogP) is 2.14. The average Bonchev–Trinajstić information content (AvgIpc) is 2.86. The summed E-state index contributed by atoms with van der Waals surface area (Å²) >= 11 is 0. The maximum Gasteiger partial charge on any atom is 0.323 e. The fraction of sp³-hybridized carbons (Fsp3) is 0.222. The Bertz CT molecular complexity index is 711. The number of esters is 1. The van der Waals surface area contributed by atoms with E-state index in [9.17, 15) is 9.59 Å². The van der Waals surface area contributed by atoms with Gasteiger partial charge in [0.2, 0.25) is 0 Å². The van der Waals surface area contributed by atoms with Crippen LogP contribution in [0.3, 0.4) is 0 Å². The number of rotatable bonds is 5. The van der Waals surface area contributed by atoms with Crippen molar-refractivity contribution in [3.63, 3.8) is 0 Å². The van der Waals surface area contributed by atoms with E-state index in [1.54, 1.807) is 0 Å². The van der Waals surface area contributed by atoms with Crippen molar-refractivity contribution in [2.75, 3.05) is 6.61 Å². The van der Waals surface area contributed by atoms with Gasteiger partial charge in [-0.3, -0.25) is 9.59 Å². The summed E-state index contributed by atoms with van der Waals surface area (Å²) < 4.78 is 5.28. The smallest absolute Gasteiger partial charge is 0.323 e. The van der Waals surface area contributed by atoms with E-state index in [1.165, 1.54) is 0 Å². The van der Waals surface area contributed by atoms with Gasteiger partial charge in [-0.15, -0.1) is 0 Å². The Balaban J connectivity index is 1.78. The lowest BCUT2D eigenvalue weighted by Crippen LogP contribution is -2.35. The predicted molar refractivity (Wildman–Crippen MR) is 84.9 cm³/mol. The Morgan fingerprint density at radius 2 is 1.57 bits per heavy atom. The molecule has 5 heteroatoms. The second-order valence-corrected chi connectivity index (χ2v) is 5.56. The first-order valence-electron chi connectivity index (χ1n) is 7.40. The van der Waals surface area contributed by atoms with Crippen molar-refractivity contribution in [1.29, 1.82) is 0 Å². The number of fused-ring (bicyclic) bond motifs is 3. The van der Waals surface area contributed by atoms with Gasteiger partial charge in [0.05, 0.1) is 6.42 Å². The quantitative estimate of drug-likeness (QED) is 0.826. The topological polar surface area (TPSA) is 89.6 Å². The van der Waals surface area contributed by atoms with E-state index in [4.69, 9.17) is 15.6 Å². The molecule has 2 aromatic rings. The first-order valence-corrected chi connectivity index (χ1v) is 7.40. The monoisotopic (exact) mass is 311 g/mol. The minimum absolute atomic E-state index is 0.0524. The summed E-state index contributed by atoms with van der Waals surface area (Å²) in [6, 6.07) is 14.9. The van der Waals surface area contributed by atoms with Crippen molar-refractivity contribution in [2.24, 2.45) is 5.73 Å².